The first-order valence-corrected chi connectivity index (χ1v) is 9.21. The van der Waals surface area contributed by atoms with Crippen LogP contribution < -0.4 is 21.5 Å². The number of fused-ring (bicyclic) bond motifs is 1. The number of rotatable bonds is 7. The zero-order valence-corrected chi connectivity index (χ0v) is 16.6. The lowest BCUT2D eigenvalue weighted by Gasteiger charge is -2.07. The Balaban J connectivity index is 1.82. The number of nitrogens with two attached hydrogens (primary N) is 1. The summed E-state index contributed by atoms with van der Waals surface area (Å²) in [4.78, 5) is 26.3. The number of aromatic nitrogens is 5. The van der Waals surface area contributed by atoms with Crippen molar-refractivity contribution < 1.29 is 9.47 Å². The number of nitrogen functional groups attached to an aromatic ring is 1. The van der Waals surface area contributed by atoms with Gasteiger partial charge >= 0.3 is 5.69 Å². The Hall–Kier alpha value is -3.92. The van der Waals surface area contributed by atoms with E-state index in [-0.39, 0.29) is 5.69 Å². The number of methoxy groups -OCH3 is 2. The summed E-state index contributed by atoms with van der Waals surface area (Å²) in [6, 6.07) is 10.6. The summed E-state index contributed by atoms with van der Waals surface area (Å²) in [5.74, 6) is 0.832. The molecule has 0 aliphatic carbocycles. The maximum atomic E-state index is 13.2. The molecule has 30 heavy (non-hydrogen) atoms. The highest BCUT2D eigenvalue weighted by molar-refractivity contribution is 5.75. The van der Waals surface area contributed by atoms with Crippen LogP contribution in [0.5, 0.6) is 5.88 Å². The monoisotopic (exact) mass is 407 g/mol. The predicted molar refractivity (Wildman–Crippen MR) is 113 cm³/mol. The lowest BCUT2D eigenvalue weighted by molar-refractivity contribution is 0.187. The molecule has 0 radical (unpaired) electrons. The maximum absolute atomic E-state index is 13.2. The molecule has 0 aliphatic rings. The van der Waals surface area contributed by atoms with Crippen LogP contribution in [0.4, 0.5) is 17.3 Å². The molecule has 0 unspecified atom stereocenters. The van der Waals surface area contributed by atoms with Gasteiger partial charge in [0, 0.05) is 18.9 Å². The van der Waals surface area contributed by atoms with Gasteiger partial charge in [-0.3, -0.25) is 4.57 Å². The van der Waals surface area contributed by atoms with Crippen molar-refractivity contribution >= 4 is 28.5 Å². The van der Waals surface area contributed by atoms with Gasteiger partial charge in [-0.15, -0.1) is 0 Å². The van der Waals surface area contributed by atoms with Crippen molar-refractivity contribution in [3.05, 3.63) is 59.3 Å². The molecule has 0 saturated heterocycles. The van der Waals surface area contributed by atoms with Gasteiger partial charge in [-0.1, -0.05) is 6.07 Å². The van der Waals surface area contributed by atoms with Gasteiger partial charge in [-0.05, 0) is 24.3 Å². The average molecular weight is 407 g/mol. The second kappa shape index (κ2) is 8.21. The van der Waals surface area contributed by atoms with Crippen LogP contribution in [0, 0.1) is 0 Å². The third-order valence-corrected chi connectivity index (χ3v) is 4.52. The summed E-state index contributed by atoms with van der Waals surface area (Å²) in [5, 5.41) is 3.10. The molecule has 3 heterocycles. The van der Waals surface area contributed by atoms with Crippen LogP contribution in [-0.4, -0.2) is 44.9 Å². The fourth-order valence-corrected chi connectivity index (χ4v) is 3.10. The summed E-state index contributed by atoms with van der Waals surface area (Å²) in [6.45, 7) is 0.757. The fourth-order valence-electron chi connectivity index (χ4n) is 3.10. The Morgan fingerprint density at radius 3 is 2.70 bits per heavy atom. The van der Waals surface area contributed by atoms with Crippen molar-refractivity contribution in [3.8, 4) is 11.6 Å². The molecule has 10 nitrogen and oxygen atoms in total. The van der Waals surface area contributed by atoms with Crippen LogP contribution >= 0.6 is 0 Å². The van der Waals surface area contributed by atoms with Crippen molar-refractivity contribution in [3.63, 3.8) is 0 Å². The number of nitrogens with one attached hydrogen (secondary N) is 1. The SMILES string of the molecule is COCCn1c(=O)n(-c2cccc(N)c2)c2nc(Nc3ccc(OC)nc3)ncc21. The van der Waals surface area contributed by atoms with Crippen LogP contribution in [-0.2, 0) is 11.3 Å². The summed E-state index contributed by atoms with van der Waals surface area (Å²) >= 11 is 0. The van der Waals surface area contributed by atoms with Crippen LogP contribution in [0.25, 0.3) is 16.9 Å². The molecule has 0 bridgehead atoms. The molecule has 0 saturated carbocycles. The Morgan fingerprint density at radius 1 is 1.13 bits per heavy atom. The van der Waals surface area contributed by atoms with Gasteiger partial charge in [0.2, 0.25) is 11.8 Å². The quantitative estimate of drug-likeness (QED) is 0.446. The number of imidazole rings is 1. The van der Waals surface area contributed by atoms with E-state index in [0.717, 1.165) is 0 Å². The molecule has 154 valence electrons. The first-order valence-electron chi connectivity index (χ1n) is 9.21. The van der Waals surface area contributed by atoms with E-state index in [2.05, 4.69) is 20.3 Å². The number of hydrogen-bond donors (Lipinski definition) is 2. The van der Waals surface area contributed by atoms with Gasteiger partial charge in [0.05, 0.1) is 44.0 Å². The molecule has 0 aliphatic heterocycles. The average Bonchev–Trinajstić information content (AvgIpc) is 3.03. The smallest absolute Gasteiger partial charge is 0.335 e. The third-order valence-electron chi connectivity index (χ3n) is 4.52. The molecule has 0 spiro atoms. The molecule has 0 atom stereocenters. The minimum atomic E-state index is -0.245. The molecule has 3 aromatic heterocycles. The minimum absolute atomic E-state index is 0.245. The number of ether oxygens (including phenoxy) is 2. The van der Waals surface area contributed by atoms with Crippen LogP contribution in [0.2, 0.25) is 0 Å². The molecule has 4 rings (SSSR count). The normalized spacial score (nSPS) is 11.0. The summed E-state index contributed by atoms with van der Waals surface area (Å²) in [5.41, 5.74) is 8.60. The number of pyridine rings is 1. The van der Waals surface area contributed by atoms with Crippen molar-refractivity contribution in [1.29, 1.82) is 0 Å². The Morgan fingerprint density at radius 2 is 2.00 bits per heavy atom. The standard InChI is InChI=1S/C20H21N7O3/c1-29-9-8-26-16-12-23-19(24-14-6-7-17(30-2)22-11-14)25-18(16)27(20(26)28)15-5-3-4-13(21)10-15/h3-7,10-12H,8-9,21H2,1-2H3,(H,23,24,25). The number of anilines is 3. The van der Waals surface area contributed by atoms with Gasteiger partial charge in [-0.2, -0.15) is 4.98 Å². The van der Waals surface area contributed by atoms with E-state index in [4.69, 9.17) is 15.2 Å². The third kappa shape index (κ3) is 3.67. The summed E-state index contributed by atoms with van der Waals surface area (Å²) < 4.78 is 13.3. The van der Waals surface area contributed by atoms with Crippen LogP contribution in [0.3, 0.4) is 0 Å². The largest absolute Gasteiger partial charge is 0.481 e. The lowest BCUT2D eigenvalue weighted by Crippen LogP contribution is -2.24. The summed E-state index contributed by atoms with van der Waals surface area (Å²) in [7, 11) is 3.14. The molecule has 10 heteroatoms. The van der Waals surface area contributed by atoms with Gasteiger partial charge in [0.1, 0.15) is 5.52 Å². The Labute approximate surface area is 171 Å². The van der Waals surface area contributed by atoms with Crippen molar-refractivity contribution in [2.45, 2.75) is 6.54 Å². The van der Waals surface area contributed by atoms with E-state index in [1.807, 2.05) is 0 Å². The fraction of sp³-hybridized carbons (Fsp3) is 0.200. The highest BCUT2D eigenvalue weighted by Crippen LogP contribution is 2.20. The van der Waals surface area contributed by atoms with Gasteiger partial charge < -0.3 is 20.5 Å². The van der Waals surface area contributed by atoms with Crippen LogP contribution in [0.15, 0.2) is 53.6 Å². The predicted octanol–water partition coefficient (Wildman–Crippen LogP) is 1.96. The van der Waals surface area contributed by atoms with E-state index in [9.17, 15) is 4.79 Å². The highest BCUT2D eigenvalue weighted by Gasteiger charge is 2.17. The summed E-state index contributed by atoms with van der Waals surface area (Å²) in [6.07, 6.45) is 3.22. The zero-order chi connectivity index (χ0) is 21.1. The first kappa shape index (κ1) is 19.4. The molecule has 0 amide bonds. The number of nitrogens with zero attached hydrogens (tertiary/aromatic N) is 5. The second-order valence-corrected chi connectivity index (χ2v) is 6.47. The van der Waals surface area contributed by atoms with E-state index in [1.54, 1.807) is 67.6 Å². The van der Waals surface area contributed by atoms with E-state index in [0.29, 0.717) is 53.2 Å². The lowest BCUT2D eigenvalue weighted by atomic mass is 10.3. The Bertz CT molecular complexity index is 1230. The maximum Gasteiger partial charge on any atom is 0.335 e. The highest BCUT2D eigenvalue weighted by atomic mass is 16.5. The molecule has 3 N–H and O–H groups in total. The Kier molecular flexibility index (Phi) is 5.31. The van der Waals surface area contributed by atoms with Crippen molar-refractivity contribution in [2.75, 3.05) is 31.9 Å². The van der Waals surface area contributed by atoms with Gasteiger partial charge in [-0.25, -0.2) is 19.3 Å². The molecule has 0 fully saturated rings. The van der Waals surface area contributed by atoms with Crippen LogP contribution in [0.1, 0.15) is 0 Å². The van der Waals surface area contributed by atoms with E-state index >= 15 is 0 Å². The van der Waals surface area contributed by atoms with Crippen molar-refractivity contribution in [1.82, 2.24) is 24.1 Å². The minimum Gasteiger partial charge on any atom is -0.481 e. The molecular formula is C20H21N7O3. The molecular weight excluding hydrogens is 386 g/mol. The molecule has 4 aromatic rings. The topological polar surface area (TPSA) is 122 Å². The molecule has 1 aromatic carbocycles. The van der Waals surface area contributed by atoms with Gasteiger partial charge in [0.15, 0.2) is 5.65 Å². The number of hydrogen-bond acceptors (Lipinski definition) is 8. The first-order chi connectivity index (χ1) is 14.6. The zero-order valence-electron chi connectivity index (χ0n) is 16.6. The van der Waals surface area contributed by atoms with E-state index in [1.165, 1.54) is 4.57 Å². The number of benzene rings is 1. The van der Waals surface area contributed by atoms with Crippen molar-refractivity contribution in [2.24, 2.45) is 0 Å². The van der Waals surface area contributed by atoms with E-state index < -0.39 is 0 Å². The second-order valence-electron chi connectivity index (χ2n) is 6.47. The van der Waals surface area contributed by atoms with Gasteiger partial charge in [0.25, 0.3) is 0 Å².